The third-order valence-corrected chi connectivity index (χ3v) is 2.84. The van der Waals surface area contributed by atoms with E-state index in [1.807, 2.05) is 20.8 Å². The maximum absolute atomic E-state index is 12.9. The minimum Gasteiger partial charge on any atom is -0.457 e. The summed E-state index contributed by atoms with van der Waals surface area (Å²) in [5, 5.41) is 14.4. The highest BCUT2D eigenvalue weighted by Crippen LogP contribution is 2.27. The van der Waals surface area contributed by atoms with E-state index in [9.17, 15) is 9.50 Å². The number of hydrogen-bond acceptors (Lipinski definition) is 4. The van der Waals surface area contributed by atoms with Crippen LogP contribution in [0.5, 0.6) is 5.75 Å². The number of rotatable bonds is 4. The molecule has 1 aromatic carbocycles. The molecule has 1 aromatic heterocycles. The van der Waals surface area contributed by atoms with Crippen molar-refractivity contribution in [2.24, 2.45) is 5.41 Å². The fraction of sp³-hybridized carbons (Fsp3) is 0.333. The number of nitrogens with zero attached hydrogens (tertiary/aromatic N) is 3. The SMILES string of the molecule is CC(C)(C)C(O)/C(=C/n1cncn1)Oc1ccc(F)cc1. The summed E-state index contributed by atoms with van der Waals surface area (Å²) in [6, 6.07) is 5.59. The van der Waals surface area contributed by atoms with E-state index < -0.39 is 11.5 Å². The van der Waals surface area contributed by atoms with Crippen LogP contribution >= 0.6 is 0 Å². The van der Waals surface area contributed by atoms with Crippen molar-refractivity contribution < 1.29 is 14.2 Å². The first-order valence-electron chi connectivity index (χ1n) is 6.53. The molecule has 0 saturated heterocycles. The monoisotopic (exact) mass is 291 g/mol. The molecule has 0 aliphatic heterocycles. The van der Waals surface area contributed by atoms with Gasteiger partial charge in [-0.05, 0) is 29.7 Å². The van der Waals surface area contributed by atoms with Crippen molar-refractivity contribution in [3.8, 4) is 5.75 Å². The number of aliphatic hydroxyl groups excluding tert-OH is 1. The lowest BCUT2D eigenvalue weighted by atomic mass is 9.88. The Hall–Kier alpha value is -2.21. The molecule has 1 atom stereocenters. The zero-order valence-electron chi connectivity index (χ0n) is 12.2. The molecule has 6 heteroatoms. The maximum Gasteiger partial charge on any atom is 0.151 e. The van der Waals surface area contributed by atoms with Crippen molar-refractivity contribution in [3.05, 3.63) is 48.5 Å². The summed E-state index contributed by atoms with van der Waals surface area (Å²) in [5.74, 6) is 0.395. The van der Waals surface area contributed by atoms with Gasteiger partial charge in [-0.15, -0.1) is 0 Å². The van der Waals surface area contributed by atoms with Crippen LogP contribution in [0.2, 0.25) is 0 Å². The third kappa shape index (κ3) is 4.13. The Morgan fingerprint density at radius 1 is 1.33 bits per heavy atom. The Balaban J connectivity index is 2.30. The predicted molar refractivity (Wildman–Crippen MR) is 76.8 cm³/mol. The van der Waals surface area contributed by atoms with E-state index in [0.717, 1.165) is 0 Å². The summed E-state index contributed by atoms with van der Waals surface area (Å²) < 4.78 is 20.1. The van der Waals surface area contributed by atoms with Crippen LogP contribution in [-0.4, -0.2) is 26.0 Å². The summed E-state index contributed by atoms with van der Waals surface area (Å²) in [4.78, 5) is 3.84. The van der Waals surface area contributed by atoms with Crippen LogP contribution < -0.4 is 4.74 Å². The van der Waals surface area contributed by atoms with E-state index >= 15 is 0 Å². The molecule has 0 spiro atoms. The highest BCUT2D eigenvalue weighted by atomic mass is 19.1. The van der Waals surface area contributed by atoms with Crippen LogP contribution in [0.25, 0.3) is 6.20 Å². The number of ether oxygens (including phenoxy) is 1. The molecular weight excluding hydrogens is 273 g/mol. The second kappa shape index (κ2) is 6.05. The minimum absolute atomic E-state index is 0.305. The Kier molecular flexibility index (Phi) is 4.37. The van der Waals surface area contributed by atoms with Gasteiger partial charge in [0.15, 0.2) is 5.76 Å². The summed E-state index contributed by atoms with van der Waals surface area (Å²) in [7, 11) is 0. The van der Waals surface area contributed by atoms with Crippen LogP contribution in [0, 0.1) is 11.2 Å². The molecule has 112 valence electrons. The Morgan fingerprint density at radius 3 is 2.52 bits per heavy atom. The average molecular weight is 291 g/mol. The fourth-order valence-electron chi connectivity index (χ4n) is 1.63. The van der Waals surface area contributed by atoms with Crippen molar-refractivity contribution in [2.45, 2.75) is 26.9 Å². The number of benzene rings is 1. The highest BCUT2D eigenvalue weighted by molar-refractivity contribution is 5.33. The first-order valence-corrected chi connectivity index (χ1v) is 6.53. The third-order valence-electron chi connectivity index (χ3n) is 2.84. The molecule has 0 fully saturated rings. The van der Waals surface area contributed by atoms with E-state index in [2.05, 4.69) is 10.1 Å². The molecule has 0 amide bonds. The largest absolute Gasteiger partial charge is 0.457 e. The van der Waals surface area contributed by atoms with Gasteiger partial charge < -0.3 is 9.84 Å². The lowest BCUT2D eigenvalue weighted by Gasteiger charge is -2.27. The molecule has 5 nitrogen and oxygen atoms in total. The second-order valence-electron chi connectivity index (χ2n) is 5.73. The van der Waals surface area contributed by atoms with Gasteiger partial charge >= 0.3 is 0 Å². The van der Waals surface area contributed by atoms with E-state index in [4.69, 9.17) is 4.74 Å². The normalized spacial score (nSPS) is 14.0. The lowest BCUT2D eigenvalue weighted by Crippen LogP contribution is -2.30. The molecule has 0 aliphatic rings. The summed E-state index contributed by atoms with van der Waals surface area (Å²) in [6.07, 6.45) is 3.57. The molecule has 21 heavy (non-hydrogen) atoms. The molecule has 0 radical (unpaired) electrons. The summed E-state index contributed by atoms with van der Waals surface area (Å²) >= 11 is 0. The van der Waals surface area contributed by atoms with Gasteiger partial charge in [-0.2, -0.15) is 5.10 Å². The van der Waals surface area contributed by atoms with Gasteiger partial charge in [0, 0.05) is 0 Å². The van der Waals surface area contributed by atoms with Crippen molar-refractivity contribution >= 4 is 6.20 Å². The second-order valence-corrected chi connectivity index (χ2v) is 5.73. The van der Waals surface area contributed by atoms with Crippen LogP contribution in [-0.2, 0) is 0 Å². The first kappa shape index (κ1) is 15.2. The maximum atomic E-state index is 12.9. The summed E-state index contributed by atoms with van der Waals surface area (Å²) in [6.45, 7) is 5.67. The van der Waals surface area contributed by atoms with Gasteiger partial charge in [0.2, 0.25) is 0 Å². The number of hydrogen-bond donors (Lipinski definition) is 1. The predicted octanol–water partition coefficient (Wildman–Crippen LogP) is 2.70. The van der Waals surface area contributed by atoms with E-state index in [-0.39, 0.29) is 5.82 Å². The summed E-state index contributed by atoms with van der Waals surface area (Å²) in [5.41, 5.74) is -0.424. The van der Waals surface area contributed by atoms with E-state index in [1.165, 1.54) is 41.6 Å². The van der Waals surface area contributed by atoms with Gasteiger partial charge in [0.05, 0.1) is 6.20 Å². The molecule has 1 heterocycles. The van der Waals surface area contributed by atoms with Gasteiger partial charge in [0.25, 0.3) is 0 Å². The van der Waals surface area contributed by atoms with Crippen molar-refractivity contribution in [2.75, 3.05) is 0 Å². The van der Waals surface area contributed by atoms with Crippen molar-refractivity contribution in [1.82, 2.24) is 14.8 Å². The van der Waals surface area contributed by atoms with Crippen LogP contribution in [0.4, 0.5) is 4.39 Å². The molecule has 2 aromatic rings. The quantitative estimate of drug-likeness (QED) is 0.880. The van der Waals surface area contributed by atoms with Crippen LogP contribution in [0.15, 0.2) is 42.7 Å². The van der Waals surface area contributed by atoms with Gasteiger partial charge in [-0.25, -0.2) is 14.1 Å². The Labute approximate surface area is 122 Å². The molecule has 2 rings (SSSR count). The molecule has 1 unspecified atom stereocenters. The minimum atomic E-state index is -0.855. The topological polar surface area (TPSA) is 60.2 Å². The van der Waals surface area contributed by atoms with Crippen LogP contribution in [0.3, 0.4) is 0 Å². The van der Waals surface area contributed by atoms with Gasteiger partial charge in [-0.3, -0.25) is 0 Å². The van der Waals surface area contributed by atoms with Gasteiger partial charge in [0.1, 0.15) is 30.3 Å². The van der Waals surface area contributed by atoms with E-state index in [1.54, 1.807) is 6.20 Å². The average Bonchev–Trinajstić information content (AvgIpc) is 2.91. The van der Waals surface area contributed by atoms with Crippen LogP contribution in [0.1, 0.15) is 20.8 Å². The highest BCUT2D eigenvalue weighted by Gasteiger charge is 2.28. The lowest BCUT2D eigenvalue weighted by molar-refractivity contribution is 0.0636. The zero-order valence-corrected chi connectivity index (χ0v) is 12.2. The number of halogens is 1. The van der Waals surface area contributed by atoms with Crippen molar-refractivity contribution in [3.63, 3.8) is 0 Å². The number of aromatic nitrogens is 3. The molecular formula is C15H18FN3O2. The molecule has 0 bridgehead atoms. The number of aliphatic hydroxyl groups is 1. The standard InChI is InChI=1S/C15H18FN3O2/c1-15(2,3)14(20)13(8-19-10-17-9-18-19)21-12-6-4-11(16)5-7-12/h4-10,14,20H,1-3H3/b13-8-. The van der Waals surface area contributed by atoms with Gasteiger partial charge in [-0.1, -0.05) is 20.8 Å². The van der Waals surface area contributed by atoms with Crippen molar-refractivity contribution in [1.29, 1.82) is 0 Å². The molecule has 0 aliphatic carbocycles. The molecule has 0 saturated carbocycles. The first-order chi connectivity index (χ1) is 9.86. The van der Waals surface area contributed by atoms with E-state index in [0.29, 0.717) is 11.5 Å². The molecule has 1 N–H and O–H groups in total. The Morgan fingerprint density at radius 2 is 2.00 bits per heavy atom. The fourth-order valence-corrected chi connectivity index (χ4v) is 1.63. The zero-order chi connectivity index (χ0) is 15.5. The smallest absolute Gasteiger partial charge is 0.151 e. The Bertz CT molecular complexity index is 601.